The average Bonchev–Trinajstić information content (AvgIpc) is 2.99. The fourth-order valence-electron chi connectivity index (χ4n) is 2.20. The summed E-state index contributed by atoms with van der Waals surface area (Å²) in [6.45, 7) is -0.0343. The van der Waals surface area contributed by atoms with E-state index in [0.717, 1.165) is 16.8 Å². The molecule has 1 N–H and O–H groups in total. The van der Waals surface area contributed by atoms with E-state index in [1.807, 2.05) is 60.8 Å². The molecule has 1 unspecified atom stereocenters. The van der Waals surface area contributed by atoms with Gasteiger partial charge in [-0.3, -0.25) is 0 Å². The summed E-state index contributed by atoms with van der Waals surface area (Å²) in [4.78, 5) is 0. The molecule has 4 nitrogen and oxygen atoms in total. The molecular weight excluding hydrogens is 286 g/mol. The van der Waals surface area contributed by atoms with Crippen molar-refractivity contribution in [1.29, 1.82) is 0 Å². The Kier molecular flexibility index (Phi) is 3.99. The van der Waals surface area contributed by atoms with Crippen LogP contribution in [0.1, 0.15) is 11.6 Å². The van der Waals surface area contributed by atoms with Crippen molar-refractivity contribution < 1.29 is 5.11 Å². The highest BCUT2D eigenvalue weighted by Gasteiger charge is 2.15. The lowest BCUT2D eigenvalue weighted by molar-refractivity contribution is 0.239. The minimum absolute atomic E-state index is 0.0343. The molecule has 3 aromatic rings. The molecule has 1 atom stereocenters. The largest absolute Gasteiger partial charge is 0.394 e. The fraction of sp³-hybridized carbons (Fsp3) is 0.125. The predicted molar refractivity (Wildman–Crippen MR) is 82.1 cm³/mol. The van der Waals surface area contributed by atoms with Crippen LogP contribution >= 0.6 is 11.6 Å². The molecule has 0 amide bonds. The molecule has 0 aliphatic carbocycles. The Hall–Kier alpha value is -2.17. The molecular formula is C16H14ClN3O. The molecule has 5 heteroatoms. The molecule has 0 radical (unpaired) electrons. The molecule has 2 aromatic carbocycles. The van der Waals surface area contributed by atoms with Gasteiger partial charge in [-0.1, -0.05) is 59.3 Å². The molecule has 0 fully saturated rings. The topological polar surface area (TPSA) is 50.9 Å². The maximum Gasteiger partial charge on any atom is 0.113 e. The highest BCUT2D eigenvalue weighted by molar-refractivity contribution is 6.30. The number of halogens is 1. The Labute approximate surface area is 127 Å². The summed E-state index contributed by atoms with van der Waals surface area (Å²) in [5, 5.41) is 18.6. The summed E-state index contributed by atoms with van der Waals surface area (Å²) < 4.78 is 1.68. The summed E-state index contributed by atoms with van der Waals surface area (Å²) in [6, 6.07) is 16.9. The lowest BCUT2D eigenvalue weighted by Gasteiger charge is -2.13. The first-order valence-electron chi connectivity index (χ1n) is 6.61. The third-order valence-electron chi connectivity index (χ3n) is 3.33. The number of hydrogen-bond donors (Lipinski definition) is 1. The van der Waals surface area contributed by atoms with Gasteiger partial charge in [0, 0.05) is 10.6 Å². The fourth-order valence-corrected chi connectivity index (χ4v) is 2.32. The monoisotopic (exact) mass is 299 g/mol. The van der Waals surface area contributed by atoms with Crippen LogP contribution in [0.3, 0.4) is 0 Å². The zero-order valence-corrected chi connectivity index (χ0v) is 12.0. The van der Waals surface area contributed by atoms with Crippen LogP contribution in [0.5, 0.6) is 0 Å². The smallest absolute Gasteiger partial charge is 0.113 e. The molecule has 21 heavy (non-hydrogen) atoms. The first kappa shape index (κ1) is 13.8. The molecule has 0 bridgehead atoms. The van der Waals surface area contributed by atoms with Gasteiger partial charge in [-0.05, 0) is 17.7 Å². The average molecular weight is 300 g/mol. The van der Waals surface area contributed by atoms with Crippen LogP contribution in [0.15, 0.2) is 60.8 Å². The summed E-state index contributed by atoms with van der Waals surface area (Å²) in [5.41, 5.74) is 2.68. The number of aliphatic hydroxyl groups excluding tert-OH is 1. The Morgan fingerprint density at radius 2 is 1.76 bits per heavy atom. The number of hydrogen-bond acceptors (Lipinski definition) is 3. The first-order valence-corrected chi connectivity index (χ1v) is 6.99. The van der Waals surface area contributed by atoms with Crippen molar-refractivity contribution in [1.82, 2.24) is 15.0 Å². The second-order valence-corrected chi connectivity index (χ2v) is 5.14. The molecule has 0 aliphatic heterocycles. The van der Waals surface area contributed by atoms with Gasteiger partial charge in [-0.15, -0.1) is 5.10 Å². The first-order chi connectivity index (χ1) is 10.3. The number of aliphatic hydroxyl groups is 1. The highest BCUT2D eigenvalue weighted by Crippen LogP contribution is 2.22. The molecule has 0 aliphatic rings. The van der Waals surface area contributed by atoms with Gasteiger partial charge in [0.2, 0.25) is 0 Å². The van der Waals surface area contributed by atoms with Gasteiger partial charge in [0.25, 0.3) is 0 Å². The summed E-state index contributed by atoms with van der Waals surface area (Å²) in [7, 11) is 0. The lowest BCUT2D eigenvalue weighted by atomic mass is 10.1. The van der Waals surface area contributed by atoms with Gasteiger partial charge in [-0.25, -0.2) is 4.68 Å². The van der Waals surface area contributed by atoms with Crippen LogP contribution in [-0.2, 0) is 0 Å². The van der Waals surface area contributed by atoms with Gasteiger partial charge in [0.15, 0.2) is 0 Å². The van der Waals surface area contributed by atoms with Crippen LogP contribution < -0.4 is 0 Å². The number of benzene rings is 2. The zero-order chi connectivity index (χ0) is 14.7. The van der Waals surface area contributed by atoms with E-state index in [-0.39, 0.29) is 12.6 Å². The normalized spacial score (nSPS) is 12.3. The van der Waals surface area contributed by atoms with Crippen LogP contribution in [0.2, 0.25) is 5.02 Å². The van der Waals surface area contributed by atoms with Crippen molar-refractivity contribution in [3.05, 3.63) is 71.4 Å². The van der Waals surface area contributed by atoms with Crippen LogP contribution in [0, 0.1) is 0 Å². The van der Waals surface area contributed by atoms with E-state index in [0.29, 0.717) is 5.02 Å². The van der Waals surface area contributed by atoms with Crippen molar-refractivity contribution in [2.75, 3.05) is 6.61 Å². The van der Waals surface area contributed by atoms with Gasteiger partial charge >= 0.3 is 0 Å². The van der Waals surface area contributed by atoms with Crippen LogP contribution in [-0.4, -0.2) is 26.7 Å². The van der Waals surface area contributed by atoms with Crippen LogP contribution in [0.4, 0.5) is 0 Å². The van der Waals surface area contributed by atoms with E-state index >= 15 is 0 Å². The Morgan fingerprint density at radius 1 is 1.05 bits per heavy atom. The second kappa shape index (κ2) is 6.08. The number of rotatable bonds is 4. The molecule has 0 saturated carbocycles. The van der Waals surface area contributed by atoms with E-state index in [1.165, 1.54) is 0 Å². The van der Waals surface area contributed by atoms with Crippen molar-refractivity contribution in [3.8, 4) is 11.3 Å². The van der Waals surface area contributed by atoms with Crippen LogP contribution in [0.25, 0.3) is 11.3 Å². The van der Waals surface area contributed by atoms with Crippen molar-refractivity contribution >= 4 is 11.6 Å². The van der Waals surface area contributed by atoms with Gasteiger partial charge in [0.05, 0.1) is 12.8 Å². The summed E-state index contributed by atoms with van der Waals surface area (Å²) in [5.74, 6) is 0. The predicted octanol–water partition coefficient (Wildman–Crippen LogP) is 3.18. The molecule has 3 rings (SSSR count). The molecule has 0 saturated heterocycles. The third kappa shape index (κ3) is 2.96. The van der Waals surface area contributed by atoms with Gasteiger partial charge < -0.3 is 5.11 Å². The standard InChI is InChI=1S/C16H14ClN3O/c17-14-8-6-12(7-9-14)15-10-20(19-18-15)16(11-21)13-4-2-1-3-5-13/h1-10,16,21H,11H2. The van der Waals surface area contributed by atoms with Crippen molar-refractivity contribution in [2.24, 2.45) is 0 Å². The highest BCUT2D eigenvalue weighted by atomic mass is 35.5. The lowest BCUT2D eigenvalue weighted by Crippen LogP contribution is -2.15. The summed E-state index contributed by atoms with van der Waals surface area (Å²) >= 11 is 5.88. The molecule has 106 valence electrons. The third-order valence-corrected chi connectivity index (χ3v) is 3.58. The van der Waals surface area contributed by atoms with E-state index < -0.39 is 0 Å². The van der Waals surface area contributed by atoms with E-state index in [2.05, 4.69) is 10.3 Å². The quantitative estimate of drug-likeness (QED) is 0.805. The minimum Gasteiger partial charge on any atom is -0.394 e. The zero-order valence-electron chi connectivity index (χ0n) is 11.2. The van der Waals surface area contributed by atoms with E-state index in [9.17, 15) is 5.11 Å². The Morgan fingerprint density at radius 3 is 2.43 bits per heavy atom. The second-order valence-electron chi connectivity index (χ2n) is 4.70. The SMILES string of the molecule is OCC(c1ccccc1)n1cc(-c2ccc(Cl)cc2)nn1. The van der Waals surface area contributed by atoms with Gasteiger partial charge in [0.1, 0.15) is 11.7 Å². The number of aromatic nitrogens is 3. The Balaban J connectivity index is 1.92. The van der Waals surface area contributed by atoms with E-state index in [4.69, 9.17) is 11.6 Å². The minimum atomic E-state index is -0.236. The van der Waals surface area contributed by atoms with Crippen molar-refractivity contribution in [2.45, 2.75) is 6.04 Å². The van der Waals surface area contributed by atoms with Gasteiger partial charge in [-0.2, -0.15) is 0 Å². The molecule has 1 heterocycles. The van der Waals surface area contributed by atoms with Crippen molar-refractivity contribution in [3.63, 3.8) is 0 Å². The Bertz CT molecular complexity index is 710. The number of nitrogens with zero attached hydrogens (tertiary/aromatic N) is 3. The maximum absolute atomic E-state index is 9.64. The molecule has 1 aromatic heterocycles. The molecule has 0 spiro atoms. The summed E-state index contributed by atoms with van der Waals surface area (Å²) in [6.07, 6.45) is 1.83. The maximum atomic E-state index is 9.64. The van der Waals surface area contributed by atoms with E-state index in [1.54, 1.807) is 4.68 Å².